The lowest BCUT2D eigenvalue weighted by Crippen LogP contribution is -2.36. The van der Waals surface area contributed by atoms with Crippen LogP contribution >= 0.6 is 0 Å². The first-order chi connectivity index (χ1) is 9.61. The van der Waals surface area contributed by atoms with Crippen LogP contribution in [-0.2, 0) is 9.53 Å². The van der Waals surface area contributed by atoms with Crippen molar-refractivity contribution >= 4 is 17.6 Å². The molecular formula is C14H18N2O4. The molecule has 1 saturated heterocycles. The van der Waals surface area contributed by atoms with E-state index in [1.807, 2.05) is 0 Å². The van der Waals surface area contributed by atoms with E-state index >= 15 is 0 Å². The number of esters is 1. The summed E-state index contributed by atoms with van der Waals surface area (Å²) in [5.41, 5.74) is 6.55. The average Bonchev–Trinajstić information content (AvgIpc) is 2.65. The Kier molecular flexibility index (Phi) is 4.45. The van der Waals surface area contributed by atoms with Crippen molar-refractivity contribution in [1.82, 2.24) is 5.32 Å². The molecule has 1 fully saturated rings. The second kappa shape index (κ2) is 6.27. The summed E-state index contributed by atoms with van der Waals surface area (Å²) in [4.78, 5) is 23.3. The van der Waals surface area contributed by atoms with E-state index in [4.69, 9.17) is 10.5 Å². The first kappa shape index (κ1) is 14.2. The van der Waals surface area contributed by atoms with Gasteiger partial charge in [0.2, 0.25) is 0 Å². The van der Waals surface area contributed by atoms with Gasteiger partial charge < -0.3 is 20.5 Å². The quantitative estimate of drug-likeness (QED) is 0.638. The van der Waals surface area contributed by atoms with Gasteiger partial charge in [0.25, 0.3) is 5.91 Å². The number of hydrogen-bond donors (Lipinski definition) is 2. The topological polar surface area (TPSA) is 90.7 Å². The molecule has 0 spiro atoms. The molecule has 1 atom stereocenters. The van der Waals surface area contributed by atoms with E-state index < -0.39 is 12.1 Å². The van der Waals surface area contributed by atoms with Crippen LogP contribution in [0.25, 0.3) is 0 Å². The van der Waals surface area contributed by atoms with E-state index in [1.165, 1.54) is 13.2 Å². The van der Waals surface area contributed by atoms with Gasteiger partial charge in [-0.05, 0) is 37.5 Å². The minimum Gasteiger partial charge on any atom is -0.478 e. The Morgan fingerprint density at radius 3 is 2.95 bits per heavy atom. The molecule has 1 aliphatic rings. The molecule has 6 nitrogen and oxygen atoms in total. The summed E-state index contributed by atoms with van der Waals surface area (Å²) in [7, 11) is 1.30. The monoisotopic (exact) mass is 278 g/mol. The molecule has 1 unspecified atom stereocenters. The fraction of sp³-hybridized carbons (Fsp3) is 0.429. The SMILES string of the molecule is COC(=O)c1ccc(N)c(OC2CCCCNC2=O)c1. The van der Waals surface area contributed by atoms with Crippen LogP contribution in [0.4, 0.5) is 5.69 Å². The Morgan fingerprint density at radius 1 is 1.40 bits per heavy atom. The van der Waals surface area contributed by atoms with E-state index in [2.05, 4.69) is 10.1 Å². The number of ether oxygens (including phenoxy) is 2. The molecule has 0 aromatic heterocycles. The number of carbonyl (C=O) groups excluding carboxylic acids is 2. The average molecular weight is 278 g/mol. The number of anilines is 1. The number of benzene rings is 1. The number of carbonyl (C=O) groups is 2. The van der Waals surface area contributed by atoms with E-state index in [1.54, 1.807) is 12.1 Å². The first-order valence-electron chi connectivity index (χ1n) is 6.54. The first-order valence-corrected chi connectivity index (χ1v) is 6.54. The van der Waals surface area contributed by atoms with Crippen LogP contribution in [0.5, 0.6) is 5.75 Å². The number of amides is 1. The molecule has 1 aromatic carbocycles. The molecule has 0 saturated carbocycles. The van der Waals surface area contributed by atoms with Crippen molar-refractivity contribution in [2.75, 3.05) is 19.4 Å². The van der Waals surface area contributed by atoms with Crippen molar-refractivity contribution in [3.05, 3.63) is 23.8 Å². The summed E-state index contributed by atoms with van der Waals surface area (Å²) >= 11 is 0. The molecule has 2 rings (SSSR count). The van der Waals surface area contributed by atoms with Crippen LogP contribution in [0.1, 0.15) is 29.6 Å². The second-order valence-corrected chi connectivity index (χ2v) is 4.64. The zero-order valence-corrected chi connectivity index (χ0v) is 11.3. The molecule has 1 aliphatic heterocycles. The number of rotatable bonds is 3. The van der Waals surface area contributed by atoms with Gasteiger partial charge in [0.15, 0.2) is 6.10 Å². The van der Waals surface area contributed by atoms with Gasteiger partial charge in [-0.15, -0.1) is 0 Å². The highest BCUT2D eigenvalue weighted by molar-refractivity contribution is 5.90. The molecule has 108 valence electrons. The summed E-state index contributed by atoms with van der Waals surface area (Å²) < 4.78 is 10.3. The zero-order chi connectivity index (χ0) is 14.5. The fourth-order valence-electron chi connectivity index (χ4n) is 2.06. The summed E-state index contributed by atoms with van der Waals surface area (Å²) in [5.74, 6) is -0.291. The highest BCUT2D eigenvalue weighted by Crippen LogP contribution is 2.25. The van der Waals surface area contributed by atoms with E-state index in [9.17, 15) is 9.59 Å². The lowest BCUT2D eigenvalue weighted by atomic mass is 10.1. The predicted octanol–water partition coefficient (Wildman–Crippen LogP) is 1.10. The molecule has 20 heavy (non-hydrogen) atoms. The number of nitrogens with one attached hydrogen (secondary N) is 1. The van der Waals surface area contributed by atoms with Crippen molar-refractivity contribution in [3.63, 3.8) is 0 Å². The highest BCUT2D eigenvalue weighted by Gasteiger charge is 2.23. The predicted molar refractivity (Wildman–Crippen MR) is 73.5 cm³/mol. The number of nitrogens with two attached hydrogens (primary N) is 1. The van der Waals surface area contributed by atoms with Gasteiger partial charge in [0.05, 0.1) is 18.4 Å². The third-order valence-corrected chi connectivity index (χ3v) is 3.19. The maximum absolute atomic E-state index is 11.8. The summed E-state index contributed by atoms with van der Waals surface area (Å²) in [6.45, 7) is 0.663. The van der Waals surface area contributed by atoms with Gasteiger partial charge in [-0.3, -0.25) is 4.79 Å². The Balaban J connectivity index is 2.19. The molecule has 1 heterocycles. The van der Waals surface area contributed by atoms with Crippen molar-refractivity contribution in [2.45, 2.75) is 25.4 Å². The molecule has 0 radical (unpaired) electrons. The fourth-order valence-corrected chi connectivity index (χ4v) is 2.06. The number of methoxy groups -OCH3 is 1. The maximum atomic E-state index is 11.8. The highest BCUT2D eigenvalue weighted by atomic mass is 16.5. The lowest BCUT2D eigenvalue weighted by molar-refractivity contribution is -0.127. The number of hydrogen-bond acceptors (Lipinski definition) is 5. The molecule has 1 aromatic rings. The summed E-state index contributed by atoms with van der Waals surface area (Å²) in [6.07, 6.45) is 1.89. The van der Waals surface area contributed by atoms with Gasteiger partial charge in [0.1, 0.15) is 5.75 Å². The summed E-state index contributed by atoms with van der Waals surface area (Å²) in [5, 5.41) is 2.79. The minimum absolute atomic E-state index is 0.148. The smallest absolute Gasteiger partial charge is 0.337 e. The van der Waals surface area contributed by atoms with Gasteiger partial charge in [-0.25, -0.2) is 4.79 Å². The van der Waals surface area contributed by atoms with Crippen LogP contribution in [0.2, 0.25) is 0 Å². The van der Waals surface area contributed by atoms with Crippen molar-refractivity contribution in [2.24, 2.45) is 0 Å². The van der Waals surface area contributed by atoms with Crippen LogP contribution in [0, 0.1) is 0 Å². The van der Waals surface area contributed by atoms with Gasteiger partial charge >= 0.3 is 5.97 Å². The molecular weight excluding hydrogens is 260 g/mol. The largest absolute Gasteiger partial charge is 0.478 e. The van der Waals surface area contributed by atoms with Crippen LogP contribution in [0.15, 0.2) is 18.2 Å². The van der Waals surface area contributed by atoms with Crippen LogP contribution < -0.4 is 15.8 Å². The molecule has 0 bridgehead atoms. The molecule has 3 N–H and O–H groups in total. The standard InChI is InChI=1S/C14H18N2O4/c1-19-14(18)9-5-6-10(15)12(8-9)20-11-4-2-3-7-16-13(11)17/h5-6,8,11H,2-4,7,15H2,1H3,(H,16,17). The Bertz CT molecular complexity index is 516. The lowest BCUT2D eigenvalue weighted by Gasteiger charge is -2.17. The maximum Gasteiger partial charge on any atom is 0.337 e. The molecule has 0 aliphatic carbocycles. The van der Waals surface area contributed by atoms with Crippen LogP contribution in [-0.4, -0.2) is 31.6 Å². The van der Waals surface area contributed by atoms with Gasteiger partial charge in [0, 0.05) is 6.54 Å². The normalized spacial score (nSPS) is 18.9. The molecule has 6 heteroatoms. The van der Waals surface area contributed by atoms with Gasteiger partial charge in [-0.2, -0.15) is 0 Å². The van der Waals surface area contributed by atoms with E-state index in [-0.39, 0.29) is 5.91 Å². The Morgan fingerprint density at radius 2 is 2.20 bits per heavy atom. The Hall–Kier alpha value is -2.24. The third-order valence-electron chi connectivity index (χ3n) is 3.19. The third kappa shape index (κ3) is 3.20. The van der Waals surface area contributed by atoms with Gasteiger partial charge in [-0.1, -0.05) is 0 Å². The van der Waals surface area contributed by atoms with Crippen molar-refractivity contribution < 1.29 is 19.1 Å². The zero-order valence-electron chi connectivity index (χ0n) is 11.3. The van der Waals surface area contributed by atoms with Crippen LogP contribution in [0.3, 0.4) is 0 Å². The van der Waals surface area contributed by atoms with E-state index in [0.29, 0.717) is 30.0 Å². The molecule has 1 amide bonds. The minimum atomic E-state index is -0.576. The second-order valence-electron chi connectivity index (χ2n) is 4.64. The van der Waals surface area contributed by atoms with E-state index in [0.717, 1.165) is 12.8 Å². The Labute approximate surface area is 117 Å². The van der Waals surface area contributed by atoms with Crippen molar-refractivity contribution in [3.8, 4) is 5.75 Å². The summed E-state index contributed by atoms with van der Waals surface area (Å²) in [6, 6.07) is 4.62. The number of nitrogen functional groups attached to an aromatic ring is 1. The van der Waals surface area contributed by atoms with Crippen molar-refractivity contribution in [1.29, 1.82) is 0 Å².